The molecule has 0 aromatic carbocycles. The van der Waals surface area contributed by atoms with Crippen LogP contribution >= 0.6 is 12.2 Å². The van der Waals surface area contributed by atoms with Gasteiger partial charge in [0.15, 0.2) is 5.11 Å². The number of pyridine rings is 2. The van der Waals surface area contributed by atoms with E-state index < -0.39 is 0 Å². The minimum Gasteiger partial charge on any atom is -0.352 e. The summed E-state index contributed by atoms with van der Waals surface area (Å²) in [5.74, 6) is 0. The first kappa shape index (κ1) is 19.2. The van der Waals surface area contributed by atoms with Crippen molar-refractivity contribution in [2.24, 2.45) is 0 Å². The van der Waals surface area contributed by atoms with Gasteiger partial charge in [-0.25, -0.2) is 0 Å². The summed E-state index contributed by atoms with van der Waals surface area (Å²) in [6.45, 7) is 0.750. The molecule has 0 radical (unpaired) electrons. The van der Waals surface area contributed by atoms with Crippen LogP contribution in [0.1, 0.15) is 61.3 Å². The lowest BCUT2D eigenvalue weighted by molar-refractivity contribution is 0.191. The first-order valence-electron chi connectivity index (χ1n) is 10.9. The lowest BCUT2D eigenvalue weighted by Gasteiger charge is -2.37. The summed E-state index contributed by atoms with van der Waals surface area (Å²) in [5.41, 5.74) is 3.35. The van der Waals surface area contributed by atoms with Gasteiger partial charge in [0.25, 0.3) is 0 Å². The zero-order valence-electron chi connectivity index (χ0n) is 17.0. The van der Waals surface area contributed by atoms with Crippen molar-refractivity contribution in [3.05, 3.63) is 84.2 Å². The molecule has 3 aromatic heterocycles. The molecule has 1 aliphatic heterocycles. The van der Waals surface area contributed by atoms with Crippen molar-refractivity contribution < 1.29 is 0 Å². The van der Waals surface area contributed by atoms with Crippen LogP contribution in [0.3, 0.4) is 0 Å². The van der Waals surface area contributed by atoms with Gasteiger partial charge in [-0.15, -0.1) is 0 Å². The number of nitrogens with one attached hydrogen (secondary N) is 1. The lowest BCUT2D eigenvalue weighted by atomic mass is 9.92. The van der Waals surface area contributed by atoms with Gasteiger partial charge in [-0.2, -0.15) is 0 Å². The fourth-order valence-corrected chi connectivity index (χ4v) is 5.33. The molecule has 5 nitrogen and oxygen atoms in total. The van der Waals surface area contributed by atoms with E-state index in [2.05, 4.69) is 61.3 Å². The second kappa shape index (κ2) is 8.56. The van der Waals surface area contributed by atoms with Crippen LogP contribution in [0.25, 0.3) is 0 Å². The second-order valence-corrected chi connectivity index (χ2v) is 8.59. The van der Waals surface area contributed by atoms with Gasteiger partial charge in [0.2, 0.25) is 0 Å². The average molecular weight is 418 g/mol. The topological polar surface area (TPSA) is 46.0 Å². The summed E-state index contributed by atoms with van der Waals surface area (Å²) in [5, 5.41) is 4.47. The maximum absolute atomic E-state index is 5.89. The lowest BCUT2D eigenvalue weighted by Crippen LogP contribution is -2.40. The van der Waals surface area contributed by atoms with Gasteiger partial charge in [0, 0.05) is 30.3 Å². The van der Waals surface area contributed by atoms with Gasteiger partial charge in [0.05, 0.1) is 30.0 Å². The van der Waals surface area contributed by atoms with Crippen LogP contribution in [0, 0.1) is 0 Å². The summed E-state index contributed by atoms with van der Waals surface area (Å²) in [4.78, 5) is 11.7. The fourth-order valence-electron chi connectivity index (χ4n) is 4.94. The Kier molecular flexibility index (Phi) is 5.49. The molecule has 0 spiro atoms. The third-order valence-corrected chi connectivity index (χ3v) is 6.66. The third kappa shape index (κ3) is 3.72. The quantitative estimate of drug-likeness (QED) is 0.613. The predicted octanol–water partition coefficient (Wildman–Crippen LogP) is 4.63. The molecule has 2 atom stereocenters. The van der Waals surface area contributed by atoms with Crippen molar-refractivity contribution in [1.82, 2.24) is 24.8 Å². The number of hydrogen-bond donors (Lipinski definition) is 1. The van der Waals surface area contributed by atoms with Crippen molar-refractivity contribution in [2.75, 3.05) is 0 Å². The molecule has 3 aromatic rings. The van der Waals surface area contributed by atoms with E-state index in [0.29, 0.717) is 6.04 Å². The van der Waals surface area contributed by atoms with Crippen molar-refractivity contribution in [3.8, 4) is 0 Å². The Balaban J connectivity index is 1.54. The number of nitrogens with zero attached hydrogens (tertiary/aromatic N) is 4. The molecule has 5 rings (SSSR count). The Morgan fingerprint density at radius 1 is 0.933 bits per heavy atom. The largest absolute Gasteiger partial charge is 0.352 e. The maximum atomic E-state index is 5.89. The molecule has 1 saturated carbocycles. The number of hydrogen-bond acceptors (Lipinski definition) is 3. The van der Waals surface area contributed by atoms with Crippen molar-refractivity contribution >= 4 is 17.3 Å². The summed E-state index contributed by atoms with van der Waals surface area (Å²) in [7, 11) is 0. The van der Waals surface area contributed by atoms with E-state index in [1.165, 1.54) is 37.8 Å². The molecule has 2 fully saturated rings. The Morgan fingerprint density at radius 2 is 1.73 bits per heavy atom. The summed E-state index contributed by atoms with van der Waals surface area (Å²) >= 11 is 5.89. The molecule has 30 heavy (non-hydrogen) atoms. The molecule has 0 unspecified atom stereocenters. The number of aromatic nitrogens is 3. The first-order chi connectivity index (χ1) is 14.8. The van der Waals surface area contributed by atoms with Crippen LogP contribution in [0.5, 0.6) is 0 Å². The zero-order valence-corrected chi connectivity index (χ0v) is 17.8. The fraction of sp³-hybridized carbons (Fsp3) is 0.375. The number of rotatable bonds is 5. The first-order valence-corrected chi connectivity index (χ1v) is 11.3. The average Bonchev–Trinajstić information content (AvgIpc) is 3.39. The molecule has 1 saturated heterocycles. The molecule has 2 aliphatic rings. The van der Waals surface area contributed by atoms with Gasteiger partial charge in [-0.1, -0.05) is 31.4 Å². The molecule has 0 amide bonds. The van der Waals surface area contributed by atoms with Crippen LogP contribution in [-0.2, 0) is 6.54 Å². The minimum atomic E-state index is 0.0398. The van der Waals surface area contributed by atoms with E-state index in [-0.39, 0.29) is 12.1 Å². The summed E-state index contributed by atoms with van der Waals surface area (Å²) in [6, 6.07) is 17.2. The minimum absolute atomic E-state index is 0.0398. The molecule has 1 aliphatic carbocycles. The molecule has 6 heteroatoms. The highest BCUT2D eigenvalue weighted by atomic mass is 32.1. The predicted molar refractivity (Wildman–Crippen MR) is 122 cm³/mol. The summed E-state index contributed by atoms with van der Waals surface area (Å²) < 4.78 is 2.31. The van der Waals surface area contributed by atoms with E-state index in [9.17, 15) is 0 Å². The van der Waals surface area contributed by atoms with Crippen LogP contribution < -0.4 is 5.32 Å². The Labute approximate surface area is 183 Å². The second-order valence-electron chi connectivity index (χ2n) is 8.21. The monoisotopic (exact) mass is 417 g/mol. The normalized spacial score (nSPS) is 22.3. The molecule has 0 bridgehead atoms. The third-order valence-electron chi connectivity index (χ3n) is 6.33. The maximum Gasteiger partial charge on any atom is 0.170 e. The zero-order chi connectivity index (χ0) is 20.3. The van der Waals surface area contributed by atoms with E-state index >= 15 is 0 Å². The molecule has 154 valence electrons. The standard InChI is InChI=1S/C24H27N5S/c30-24-27-22(20-12-5-7-15-26-20)23(29(24)19-10-2-1-3-11-19)21-13-8-16-28(21)17-18-9-4-6-14-25-18/h4-9,12-16,19,22-23H,1-3,10-11,17H2,(H,27,30)/t22-,23+/m1/s1. The van der Waals surface area contributed by atoms with Gasteiger partial charge in [0.1, 0.15) is 0 Å². The van der Waals surface area contributed by atoms with Crippen LogP contribution in [-0.4, -0.2) is 30.6 Å². The Bertz CT molecular complexity index is 981. The number of thiocarbonyl (C=S) groups is 1. The highest BCUT2D eigenvalue weighted by molar-refractivity contribution is 7.80. The van der Waals surface area contributed by atoms with Gasteiger partial charge >= 0.3 is 0 Å². The van der Waals surface area contributed by atoms with E-state index in [4.69, 9.17) is 12.2 Å². The van der Waals surface area contributed by atoms with Gasteiger partial charge in [-0.3, -0.25) is 9.97 Å². The molecular formula is C24H27N5S. The van der Waals surface area contributed by atoms with Gasteiger partial charge < -0.3 is 14.8 Å². The van der Waals surface area contributed by atoms with Gasteiger partial charge in [-0.05, 0) is 61.5 Å². The highest BCUT2D eigenvalue weighted by Crippen LogP contribution is 2.42. The van der Waals surface area contributed by atoms with Crippen molar-refractivity contribution in [3.63, 3.8) is 0 Å². The van der Waals surface area contributed by atoms with Crippen LogP contribution in [0.2, 0.25) is 0 Å². The van der Waals surface area contributed by atoms with Crippen molar-refractivity contribution in [2.45, 2.75) is 56.8 Å². The molecular weight excluding hydrogens is 390 g/mol. The van der Waals surface area contributed by atoms with Crippen LogP contribution in [0.15, 0.2) is 67.1 Å². The Morgan fingerprint density at radius 3 is 2.47 bits per heavy atom. The SMILES string of the molecule is S=C1N[C@H](c2ccccn2)[C@H](c2cccn2Cc2ccccn2)N1C1CCCCC1. The van der Waals surface area contributed by atoms with E-state index in [0.717, 1.165) is 23.0 Å². The smallest absolute Gasteiger partial charge is 0.170 e. The Hall–Kier alpha value is -2.73. The summed E-state index contributed by atoms with van der Waals surface area (Å²) in [6.07, 6.45) is 12.2. The van der Waals surface area contributed by atoms with Crippen molar-refractivity contribution in [1.29, 1.82) is 0 Å². The molecule has 4 heterocycles. The highest BCUT2D eigenvalue weighted by Gasteiger charge is 2.44. The molecule has 1 N–H and O–H groups in total. The van der Waals surface area contributed by atoms with E-state index in [1.54, 1.807) is 0 Å². The van der Waals surface area contributed by atoms with E-state index in [1.807, 2.05) is 30.6 Å². The van der Waals surface area contributed by atoms with Crippen LogP contribution in [0.4, 0.5) is 0 Å².